The molecule has 0 saturated carbocycles. The van der Waals surface area contributed by atoms with E-state index in [-0.39, 0.29) is 0 Å². The maximum absolute atomic E-state index is 10.4. The van der Waals surface area contributed by atoms with Crippen LogP contribution in [-0.2, 0) is 4.79 Å². The van der Waals surface area contributed by atoms with Gasteiger partial charge in [0.05, 0.1) is 0 Å². The summed E-state index contributed by atoms with van der Waals surface area (Å²) in [6, 6.07) is 7.06. The normalized spacial score (nSPS) is 13.8. The molecule has 88 valence electrons. The van der Waals surface area contributed by atoms with E-state index in [4.69, 9.17) is 10.2 Å². The van der Waals surface area contributed by atoms with E-state index in [0.717, 1.165) is 17.0 Å². The lowest BCUT2D eigenvalue weighted by Crippen LogP contribution is -2.03. The predicted molar refractivity (Wildman–Crippen MR) is 61.6 cm³/mol. The predicted octanol–water partition coefficient (Wildman–Crippen LogP) is 1.73. The summed E-state index contributed by atoms with van der Waals surface area (Å²) in [6.45, 7) is 0. The summed E-state index contributed by atoms with van der Waals surface area (Å²) < 4.78 is 0. The molecule has 0 aliphatic carbocycles. The topological polar surface area (TPSA) is 93.6 Å². The maximum Gasteiger partial charge on any atom is 0.370 e. The Balaban J connectivity index is 2.33. The molecule has 4 N–H and O–H groups in total. The van der Waals surface area contributed by atoms with E-state index < -0.39 is 17.8 Å². The molecule has 0 aliphatic heterocycles. The third-order valence-corrected chi connectivity index (χ3v) is 2.46. The van der Waals surface area contributed by atoms with Gasteiger partial charge in [-0.1, -0.05) is 12.1 Å². The van der Waals surface area contributed by atoms with Crippen molar-refractivity contribution in [1.29, 1.82) is 0 Å². The van der Waals surface area contributed by atoms with Crippen LogP contribution in [0.1, 0.15) is 11.7 Å². The van der Waals surface area contributed by atoms with Crippen molar-refractivity contribution >= 4 is 16.9 Å². The fourth-order valence-electron chi connectivity index (χ4n) is 1.57. The van der Waals surface area contributed by atoms with Crippen LogP contribution in [0.5, 0.6) is 0 Å². The highest BCUT2D eigenvalue weighted by Crippen LogP contribution is 2.20. The van der Waals surface area contributed by atoms with Crippen LogP contribution in [0.3, 0.4) is 0 Å². The van der Waals surface area contributed by atoms with Crippen LogP contribution < -0.4 is 0 Å². The van der Waals surface area contributed by atoms with E-state index in [1.165, 1.54) is 0 Å². The van der Waals surface area contributed by atoms with E-state index in [2.05, 4.69) is 4.98 Å². The van der Waals surface area contributed by atoms with Crippen molar-refractivity contribution in [3.05, 3.63) is 47.9 Å². The molecule has 0 saturated heterocycles. The third kappa shape index (κ3) is 2.29. The van der Waals surface area contributed by atoms with Crippen molar-refractivity contribution in [3.63, 3.8) is 0 Å². The Morgan fingerprint density at radius 3 is 2.76 bits per heavy atom. The molecule has 1 atom stereocenters. The number of H-pyrrole nitrogens is 1. The number of aliphatic carboxylic acids is 1. The summed E-state index contributed by atoms with van der Waals surface area (Å²) in [6.07, 6.45) is 1.50. The summed E-state index contributed by atoms with van der Waals surface area (Å²) in [4.78, 5) is 13.4. The molecule has 1 aromatic carbocycles. The lowest BCUT2D eigenvalue weighted by molar-refractivity contribution is -0.135. The Labute approximate surface area is 96.6 Å². The molecule has 1 aromatic heterocycles. The van der Waals surface area contributed by atoms with Crippen LogP contribution in [0.2, 0.25) is 0 Å². The number of carboxylic acid groups (broad SMARTS) is 1. The van der Waals surface area contributed by atoms with Gasteiger partial charge >= 0.3 is 5.97 Å². The van der Waals surface area contributed by atoms with Gasteiger partial charge in [-0.15, -0.1) is 0 Å². The molecular weight excluding hydrogens is 222 g/mol. The van der Waals surface area contributed by atoms with Crippen LogP contribution in [0, 0.1) is 0 Å². The van der Waals surface area contributed by atoms with Crippen molar-refractivity contribution < 1.29 is 20.1 Å². The van der Waals surface area contributed by atoms with Gasteiger partial charge < -0.3 is 20.3 Å². The zero-order valence-electron chi connectivity index (χ0n) is 8.79. The van der Waals surface area contributed by atoms with E-state index in [0.29, 0.717) is 5.56 Å². The minimum atomic E-state index is -1.47. The SMILES string of the molecule is O=C(O)/C(O)=C\C(O)c1ccc2cc[nH]c2c1. The minimum absolute atomic E-state index is 0.507. The van der Waals surface area contributed by atoms with Gasteiger partial charge in [0.25, 0.3) is 0 Å². The molecule has 0 spiro atoms. The van der Waals surface area contributed by atoms with Gasteiger partial charge in [-0.3, -0.25) is 0 Å². The average Bonchev–Trinajstić information content (AvgIpc) is 2.75. The quantitative estimate of drug-likeness (QED) is 0.479. The standard InChI is InChI=1S/C12H11NO4/c14-10(6-11(15)12(16)17)8-2-1-7-3-4-13-9(7)5-8/h1-6,10,13-15H,(H,16,17)/b11-6+. The van der Waals surface area contributed by atoms with Crippen molar-refractivity contribution in [2.24, 2.45) is 0 Å². The fraction of sp³-hybridized carbons (Fsp3) is 0.0833. The molecule has 0 amide bonds. The van der Waals surface area contributed by atoms with E-state index in [1.807, 2.05) is 6.07 Å². The van der Waals surface area contributed by atoms with Gasteiger partial charge in [-0.25, -0.2) is 4.79 Å². The minimum Gasteiger partial charge on any atom is -0.502 e. The summed E-state index contributed by atoms with van der Waals surface area (Å²) in [5.41, 5.74) is 1.34. The second-order valence-electron chi connectivity index (χ2n) is 3.63. The number of fused-ring (bicyclic) bond motifs is 1. The highest BCUT2D eigenvalue weighted by atomic mass is 16.4. The molecule has 5 heteroatoms. The first-order valence-electron chi connectivity index (χ1n) is 4.97. The molecular formula is C12H11NO4. The zero-order chi connectivity index (χ0) is 12.4. The lowest BCUT2D eigenvalue weighted by atomic mass is 10.1. The maximum atomic E-state index is 10.4. The average molecular weight is 233 g/mol. The Morgan fingerprint density at radius 1 is 1.29 bits per heavy atom. The number of hydrogen-bond donors (Lipinski definition) is 4. The van der Waals surface area contributed by atoms with Gasteiger partial charge in [0, 0.05) is 11.7 Å². The molecule has 0 fully saturated rings. The Hall–Kier alpha value is -2.27. The van der Waals surface area contributed by atoms with Gasteiger partial charge in [-0.05, 0) is 29.2 Å². The van der Waals surface area contributed by atoms with Crippen LogP contribution in [0.4, 0.5) is 0 Å². The largest absolute Gasteiger partial charge is 0.502 e. The van der Waals surface area contributed by atoms with Gasteiger partial charge in [0.15, 0.2) is 0 Å². The number of nitrogens with one attached hydrogen (secondary N) is 1. The number of hydrogen-bond acceptors (Lipinski definition) is 3. The van der Waals surface area contributed by atoms with E-state index >= 15 is 0 Å². The molecule has 17 heavy (non-hydrogen) atoms. The number of benzene rings is 1. The van der Waals surface area contributed by atoms with E-state index in [1.54, 1.807) is 24.4 Å². The number of aromatic amines is 1. The van der Waals surface area contributed by atoms with Gasteiger partial charge in [-0.2, -0.15) is 0 Å². The number of rotatable bonds is 3. The van der Waals surface area contributed by atoms with Crippen LogP contribution in [-0.4, -0.2) is 26.3 Å². The molecule has 0 bridgehead atoms. The highest BCUT2D eigenvalue weighted by Gasteiger charge is 2.10. The fourth-order valence-corrected chi connectivity index (χ4v) is 1.57. The Morgan fingerprint density at radius 2 is 2.06 bits per heavy atom. The van der Waals surface area contributed by atoms with Gasteiger partial charge in [0.1, 0.15) is 6.10 Å². The van der Waals surface area contributed by atoms with Crippen molar-refractivity contribution in [3.8, 4) is 0 Å². The van der Waals surface area contributed by atoms with Gasteiger partial charge in [0.2, 0.25) is 5.76 Å². The molecule has 1 unspecified atom stereocenters. The summed E-state index contributed by atoms with van der Waals surface area (Å²) in [5, 5.41) is 28.2. The second-order valence-corrected chi connectivity index (χ2v) is 3.63. The van der Waals surface area contributed by atoms with Crippen molar-refractivity contribution in [1.82, 2.24) is 4.98 Å². The first-order valence-corrected chi connectivity index (χ1v) is 4.97. The smallest absolute Gasteiger partial charge is 0.370 e. The number of aromatic nitrogens is 1. The Bertz CT molecular complexity index is 585. The van der Waals surface area contributed by atoms with Crippen LogP contribution in [0.25, 0.3) is 10.9 Å². The molecule has 0 radical (unpaired) electrons. The zero-order valence-corrected chi connectivity index (χ0v) is 8.79. The number of aliphatic hydroxyl groups is 2. The number of aliphatic hydroxyl groups excluding tert-OH is 2. The summed E-state index contributed by atoms with van der Waals surface area (Å²) in [7, 11) is 0. The Kier molecular flexibility index (Phi) is 2.84. The van der Waals surface area contributed by atoms with Crippen LogP contribution >= 0.6 is 0 Å². The van der Waals surface area contributed by atoms with E-state index in [9.17, 15) is 9.90 Å². The third-order valence-electron chi connectivity index (χ3n) is 2.46. The lowest BCUT2D eigenvalue weighted by Gasteiger charge is -2.06. The molecule has 5 nitrogen and oxygen atoms in total. The van der Waals surface area contributed by atoms with Crippen LogP contribution in [0.15, 0.2) is 42.3 Å². The molecule has 2 rings (SSSR count). The number of carboxylic acids is 1. The highest BCUT2D eigenvalue weighted by molar-refractivity contribution is 5.84. The summed E-state index contributed by atoms with van der Waals surface area (Å²) in [5.74, 6) is -2.34. The summed E-state index contributed by atoms with van der Waals surface area (Å²) >= 11 is 0. The van der Waals surface area contributed by atoms with Crippen molar-refractivity contribution in [2.75, 3.05) is 0 Å². The first kappa shape index (κ1) is 11.2. The number of carbonyl (C=O) groups is 1. The van der Waals surface area contributed by atoms with Crippen molar-refractivity contribution in [2.45, 2.75) is 6.10 Å². The first-order chi connectivity index (χ1) is 8.08. The molecule has 1 heterocycles. The molecule has 2 aromatic rings. The second kappa shape index (κ2) is 4.31. The monoisotopic (exact) mass is 233 g/mol. The molecule has 0 aliphatic rings.